The zero-order chi connectivity index (χ0) is 16.4. The first-order valence-corrected chi connectivity index (χ1v) is 8.08. The summed E-state index contributed by atoms with van der Waals surface area (Å²) in [6, 6.07) is 11.4. The predicted octanol–water partition coefficient (Wildman–Crippen LogP) is 3.43. The summed E-state index contributed by atoms with van der Waals surface area (Å²) < 4.78 is 0. The second-order valence-electron chi connectivity index (χ2n) is 5.23. The summed E-state index contributed by atoms with van der Waals surface area (Å²) in [6.07, 6.45) is 1.55. The van der Waals surface area contributed by atoms with Gasteiger partial charge in [0.2, 0.25) is 0 Å². The van der Waals surface area contributed by atoms with Crippen molar-refractivity contribution in [3.63, 3.8) is 0 Å². The molecule has 0 saturated carbocycles. The molecule has 0 radical (unpaired) electrons. The van der Waals surface area contributed by atoms with E-state index in [-0.39, 0.29) is 18.4 Å². The first-order valence-electron chi connectivity index (χ1n) is 7.20. The molecule has 0 spiro atoms. The van der Waals surface area contributed by atoms with Crippen LogP contribution < -0.4 is 5.32 Å². The highest BCUT2D eigenvalue weighted by Crippen LogP contribution is 2.32. The zero-order valence-corrected chi connectivity index (χ0v) is 13.5. The Hall–Kier alpha value is -2.66. The van der Waals surface area contributed by atoms with E-state index in [0.29, 0.717) is 11.3 Å². The van der Waals surface area contributed by atoms with Gasteiger partial charge in [0.05, 0.1) is 5.57 Å². The highest BCUT2D eigenvalue weighted by Gasteiger charge is 2.38. The van der Waals surface area contributed by atoms with Crippen molar-refractivity contribution in [2.24, 2.45) is 0 Å². The minimum Gasteiger partial charge on any atom is -0.350 e. The molecule has 2 amide bonds. The molecule has 0 saturated heterocycles. The molecule has 0 bridgehead atoms. The van der Waals surface area contributed by atoms with Crippen molar-refractivity contribution in [3.8, 4) is 0 Å². The fraction of sp³-hybridized carbons (Fsp3) is 0.111. The number of aryl methyl sites for hydroxylation is 1. The van der Waals surface area contributed by atoms with Crippen LogP contribution in [0.25, 0.3) is 5.57 Å². The fourth-order valence-corrected chi connectivity index (χ4v) is 3.27. The third-order valence-electron chi connectivity index (χ3n) is 3.53. The minimum absolute atomic E-state index is 0.200. The van der Waals surface area contributed by atoms with Gasteiger partial charge in [-0.15, -0.1) is 17.9 Å². The van der Waals surface area contributed by atoms with Crippen LogP contribution in [-0.2, 0) is 9.59 Å². The van der Waals surface area contributed by atoms with Gasteiger partial charge in [0, 0.05) is 17.1 Å². The van der Waals surface area contributed by atoms with E-state index >= 15 is 0 Å². The largest absolute Gasteiger partial charge is 0.350 e. The Labute approximate surface area is 138 Å². The normalized spacial score (nSPS) is 14.6. The molecule has 0 atom stereocenters. The highest BCUT2D eigenvalue weighted by molar-refractivity contribution is 7.11. The van der Waals surface area contributed by atoms with Crippen LogP contribution in [-0.4, -0.2) is 23.3 Å². The number of rotatable bonds is 5. The molecule has 1 aromatic heterocycles. The molecular weight excluding hydrogens is 308 g/mol. The number of hydrogen-bond donors (Lipinski definition) is 1. The van der Waals surface area contributed by atoms with Gasteiger partial charge in [-0.05, 0) is 36.1 Å². The Morgan fingerprint density at radius 1 is 1.22 bits per heavy atom. The number of anilines is 1. The standard InChI is InChI=1S/C18H16N2O2S/c1-3-9-20-17(21)15(14-8-5-10-23-14)16(18(20)22)19-13-7-4-6-12(2)11-13/h3-8,10-11,19H,1,9H2,2H3. The van der Waals surface area contributed by atoms with Gasteiger partial charge in [-0.2, -0.15) is 0 Å². The summed E-state index contributed by atoms with van der Waals surface area (Å²) in [6.45, 7) is 5.80. The molecule has 1 aromatic carbocycles. The lowest BCUT2D eigenvalue weighted by molar-refractivity contribution is -0.136. The van der Waals surface area contributed by atoms with Gasteiger partial charge < -0.3 is 5.32 Å². The van der Waals surface area contributed by atoms with Crippen molar-refractivity contribution in [2.75, 3.05) is 11.9 Å². The first-order chi connectivity index (χ1) is 11.1. The summed E-state index contributed by atoms with van der Waals surface area (Å²) in [4.78, 5) is 27.3. The molecule has 2 aromatic rings. The third kappa shape index (κ3) is 2.83. The van der Waals surface area contributed by atoms with Crippen molar-refractivity contribution in [3.05, 3.63) is 70.6 Å². The lowest BCUT2D eigenvalue weighted by Gasteiger charge is -2.12. The molecule has 1 aliphatic rings. The Kier molecular flexibility index (Phi) is 4.12. The van der Waals surface area contributed by atoms with Crippen molar-refractivity contribution in [1.82, 2.24) is 4.90 Å². The lowest BCUT2D eigenvalue weighted by Crippen LogP contribution is -2.32. The van der Waals surface area contributed by atoms with Crippen LogP contribution in [0, 0.1) is 6.92 Å². The summed E-state index contributed by atoms with van der Waals surface area (Å²) in [7, 11) is 0. The van der Waals surface area contributed by atoms with E-state index in [1.165, 1.54) is 16.2 Å². The van der Waals surface area contributed by atoms with E-state index < -0.39 is 0 Å². The minimum atomic E-state index is -0.320. The molecule has 2 heterocycles. The number of hydrogen-bond acceptors (Lipinski definition) is 4. The van der Waals surface area contributed by atoms with E-state index in [0.717, 1.165) is 16.1 Å². The number of carbonyl (C=O) groups excluding carboxylic acids is 2. The number of benzene rings is 1. The van der Waals surface area contributed by atoms with Crippen LogP contribution >= 0.6 is 11.3 Å². The van der Waals surface area contributed by atoms with Gasteiger partial charge >= 0.3 is 0 Å². The second kappa shape index (κ2) is 6.22. The molecule has 4 nitrogen and oxygen atoms in total. The summed E-state index contributed by atoms with van der Waals surface area (Å²) in [5, 5.41) is 5.02. The van der Waals surface area contributed by atoms with Crippen LogP contribution in [0.3, 0.4) is 0 Å². The van der Waals surface area contributed by atoms with E-state index in [1.807, 2.05) is 48.7 Å². The Morgan fingerprint density at radius 3 is 2.70 bits per heavy atom. The van der Waals surface area contributed by atoms with E-state index in [2.05, 4.69) is 11.9 Å². The van der Waals surface area contributed by atoms with Crippen LogP contribution in [0.2, 0.25) is 0 Å². The third-order valence-corrected chi connectivity index (χ3v) is 4.42. The molecule has 116 valence electrons. The molecule has 0 fully saturated rings. The van der Waals surface area contributed by atoms with Gasteiger partial charge in [0.25, 0.3) is 11.8 Å². The molecule has 5 heteroatoms. The molecule has 23 heavy (non-hydrogen) atoms. The van der Waals surface area contributed by atoms with Gasteiger partial charge in [0.15, 0.2) is 0 Å². The Morgan fingerprint density at radius 2 is 2.04 bits per heavy atom. The predicted molar refractivity (Wildman–Crippen MR) is 93.0 cm³/mol. The second-order valence-corrected chi connectivity index (χ2v) is 6.18. The smallest absolute Gasteiger partial charge is 0.278 e. The Bertz CT molecular complexity index is 806. The Balaban J connectivity index is 2.05. The van der Waals surface area contributed by atoms with Crippen LogP contribution in [0.4, 0.5) is 5.69 Å². The molecular formula is C18H16N2O2S. The highest BCUT2D eigenvalue weighted by atomic mass is 32.1. The molecule has 3 rings (SSSR count). The quantitative estimate of drug-likeness (QED) is 0.677. The van der Waals surface area contributed by atoms with Crippen molar-refractivity contribution >= 4 is 34.4 Å². The summed E-state index contributed by atoms with van der Waals surface area (Å²) in [5.41, 5.74) is 2.61. The van der Waals surface area contributed by atoms with Gasteiger partial charge in [-0.3, -0.25) is 14.5 Å². The average molecular weight is 324 g/mol. The SMILES string of the molecule is C=CCN1C(=O)C(Nc2cccc(C)c2)=C(c2cccs2)C1=O. The number of carbonyl (C=O) groups is 2. The first kappa shape index (κ1) is 15.2. The molecule has 1 N–H and O–H groups in total. The van der Waals surface area contributed by atoms with Crippen molar-refractivity contribution in [1.29, 1.82) is 0 Å². The fourth-order valence-electron chi connectivity index (χ4n) is 2.50. The van der Waals surface area contributed by atoms with Crippen LogP contribution in [0.5, 0.6) is 0 Å². The number of thiophene rings is 1. The number of nitrogens with zero attached hydrogens (tertiary/aromatic N) is 1. The van der Waals surface area contributed by atoms with Crippen LogP contribution in [0.1, 0.15) is 10.4 Å². The van der Waals surface area contributed by atoms with Gasteiger partial charge in [-0.25, -0.2) is 0 Å². The molecule has 1 aliphatic heterocycles. The number of imide groups is 1. The topological polar surface area (TPSA) is 49.4 Å². The maximum atomic E-state index is 12.6. The van der Waals surface area contributed by atoms with E-state index in [1.54, 1.807) is 6.08 Å². The lowest BCUT2D eigenvalue weighted by atomic mass is 10.1. The van der Waals surface area contributed by atoms with Gasteiger partial charge in [-0.1, -0.05) is 24.3 Å². The molecule has 0 unspecified atom stereocenters. The maximum Gasteiger partial charge on any atom is 0.278 e. The van der Waals surface area contributed by atoms with Crippen molar-refractivity contribution < 1.29 is 9.59 Å². The van der Waals surface area contributed by atoms with Gasteiger partial charge in [0.1, 0.15) is 5.70 Å². The van der Waals surface area contributed by atoms with Crippen LogP contribution in [0.15, 0.2) is 60.1 Å². The zero-order valence-electron chi connectivity index (χ0n) is 12.7. The number of nitrogens with one attached hydrogen (secondary N) is 1. The monoisotopic (exact) mass is 324 g/mol. The summed E-state index contributed by atoms with van der Waals surface area (Å²) in [5.74, 6) is -0.604. The van der Waals surface area contributed by atoms with E-state index in [4.69, 9.17) is 0 Å². The van der Waals surface area contributed by atoms with E-state index in [9.17, 15) is 9.59 Å². The number of amides is 2. The van der Waals surface area contributed by atoms with Crippen molar-refractivity contribution in [2.45, 2.75) is 6.92 Å². The average Bonchev–Trinajstić information content (AvgIpc) is 3.11. The molecule has 0 aliphatic carbocycles. The maximum absolute atomic E-state index is 12.6. The summed E-state index contributed by atoms with van der Waals surface area (Å²) >= 11 is 1.44.